The van der Waals surface area contributed by atoms with Crippen LogP contribution in [0.15, 0.2) is 66.7 Å². The lowest BCUT2D eigenvalue weighted by Crippen LogP contribution is -2.35. The number of nitrogens with one attached hydrogen (secondary N) is 1. The summed E-state index contributed by atoms with van der Waals surface area (Å²) in [6.45, 7) is 0.857. The van der Waals surface area contributed by atoms with Crippen LogP contribution < -0.4 is 19.5 Å². The van der Waals surface area contributed by atoms with E-state index in [2.05, 4.69) is 5.32 Å². The molecule has 2 amide bonds. The molecule has 0 aromatic heterocycles. The molecule has 1 heterocycles. The summed E-state index contributed by atoms with van der Waals surface area (Å²) in [5, 5.41) is 2.95. The van der Waals surface area contributed by atoms with Crippen molar-refractivity contribution < 1.29 is 28.2 Å². The highest BCUT2D eigenvalue weighted by Crippen LogP contribution is 2.43. The maximum Gasteiger partial charge on any atom is 0.253 e. The van der Waals surface area contributed by atoms with E-state index >= 15 is 0 Å². The topological polar surface area (TPSA) is 77.1 Å². The molecule has 4 rings (SSSR count). The second-order valence-corrected chi connectivity index (χ2v) is 8.59. The van der Waals surface area contributed by atoms with Crippen molar-refractivity contribution in [3.8, 4) is 17.2 Å². The first kappa shape index (κ1) is 25.0. The van der Waals surface area contributed by atoms with E-state index in [1.807, 2.05) is 30.3 Å². The smallest absolute Gasteiger partial charge is 0.253 e. The molecule has 3 aromatic carbocycles. The van der Waals surface area contributed by atoms with Gasteiger partial charge in [0.2, 0.25) is 11.7 Å². The Bertz CT molecular complexity index is 1190. The van der Waals surface area contributed by atoms with Crippen LogP contribution >= 0.6 is 0 Å². The molecule has 0 unspecified atom stereocenters. The van der Waals surface area contributed by atoms with E-state index in [-0.39, 0.29) is 36.6 Å². The fourth-order valence-electron chi connectivity index (χ4n) is 4.57. The largest absolute Gasteiger partial charge is 0.493 e. The number of carbonyl (C=O) groups excluding carboxylic acids is 2. The monoisotopic (exact) mass is 492 g/mol. The Hall–Kier alpha value is -4.07. The summed E-state index contributed by atoms with van der Waals surface area (Å²) in [5.74, 6) is -0.0752. The maximum absolute atomic E-state index is 13.4. The number of halogens is 1. The fraction of sp³-hybridized carbons (Fsp3) is 0.286. The van der Waals surface area contributed by atoms with Gasteiger partial charge in [-0.05, 0) is 47.5 Å². The molecule has 188 valence electrons. The molecular formula is C28H29FN2O5. The maximum atomic E-state index is 13.4. The minimum absolute atomic E-state index is 0.137. The van der Waals surface area contributed by atoms with E-state index in [0.29, 0.717) is 29.4 Å². The fourth-order valence-corrected chi connectivity index (χ4v) is 4.57. The number of likely N-dealkylation sites (tertiary alicyclic amines) is 1. The lowest BCUT2D eigenvalue weighted by Gasteiger charge is -2.21. The molecule has 0 radical (unpaired) electrons. The second kappa shape index (κ2) is 11.1. The molecule has 1 aliphatic rings. The Kier molecular flexibility index (Phi) is 7.73. The SMILES string of the molecule is COc1cc([C@H]2CN(C(=O)c3ccccc3)C[C@H]2C(=O)NCc2ccc(F)cc2)cc(OC)c1OC. The normalized spacial score (nSPS) is 16.9. The van der Waals surface area contributed by atoms with Crippen LogP contribution in [-0.4, -0.2) is 51.1 Å². The molecule has 0 saturated carbocycles. The van der Waals surface area contributed by atoms with Gasteiger partial charge in [0.05, 0.1) is 27.2 Å². The lowest BCUT2D eigenvalue weighted by molar-refractivity contribution is -0.125. The van der Waals surface area contributed by atoms with Crippen molar-refractivity contribution in [3.05, 3.63) is 89.2 Å². The zero-order chi connectivity index (χ0) is 25.7. The van der Waals surface area contributed by atoms with Gasteiger partial charge in [0.1, 0.15) is 5.82 Å². The third kappa shape index (κ3) is 5.27. The Morgan fingerprint density at radius 2 is 1.56 bits per heavy atom. The highest BCUT2D eigenvalue weighted by Gasteiger charge is 2.41. The number of nitrogens with zero attached hydrogens (tertiary/aromatic N) is 1. The zero-order valence-corrected chi connectivity index (χ0v) is 20.5. The third-order valence-corrected chi connectivity index (χ3v) is 6.46. The van der Waals surface area contributed by atoms with Crippen molar-refractivity contribution >= 4 is 11.8 Å². The Labute approximate surface area is 209 Å². The Balaban J connectivity index is 1.64. The molecular weight excluding hydrogens is 463 g/mol. The number of rotatable bonds is 8. The summed E-state index contributed by atoms with van der Waals surface area (Å²) in [6.07, 6.45) is 0. The van der Waals surface area contributed by atoms with Crippen molar-refractivity contribution in [2.75, 3.05) is 34.4 Å². The van der Waals surface area contributed by atoms with Crippen LogP contribution in [0.2, 0.25) is 0 Å². The van der Waals surface area contributed by atoms with Crippen LogP contribution in [0.3, 0.4) is 0 Å². The van der Waals surface area contributed by atoms with E-state index in [4.69, 9.17) is 14.2 Å². The summed E-state index contributed by atoms with van der Waals surface area (Å²) in [4.78, 5) is 28.3. The summed E-state index contributed by atoms with van der Waals surface area (Å²) in [5.41, 5.74) is 2.15. The van der Waals surface area contributed by atoms with Gasteiger partial charge in [-0.1, -0.05) is 30.3 Å². The average Bonchev–Trinajstić information content (AvgIpc) is 3.37. The van der Waals surface area contributed by atoms with Crippen molar-refractivity contribution in [1.29, 1.82) is 0 Å². The minimum atomic E-state index is -0.513. The van der Waals surface area contributed by atoms with Crippen LogP contribution in [0.4, 0.5) is 4.39 Å². The third-order valence-electron chi connectivity index (χ3n) is 6.46. The van der Waals surface area contributed by atoms with Crippen molar-refractivity contribution in [2.24, 2.45) is 5.92 Å². The molecule has 0 aliphatic carbocycles. The van der Waals surface area contributed by atoms with Crippen LogP contribution in [0.5, 0.6) is 17.2 Å². The Morgan fingerprint density at radius 1 is 0.917 bits per heavy atom. The van der Waals surface area contributed by atoms with E-state index in [1.54, 1.807) is 29.2 Å². The number of hydrogen-bond donors (Lipinski definition) is 1. The summed E-state index contributed by atoms with van der Waals surface area (Å²) in [6, 6.07) is 18.6. The van der Waals surface area contributed by atoms with Gasteiger partial charge in [0.25, 0.3) is 5.91 Å². The zero-order valence-electron chi connectivity index (χ0n) is 20.5. The molecule has 3 aromatic rings. The van der Waals surface area contributed by atoms with Crippen molar-refractivity contribution in [2.45, 2.75) is 12.5 Å². The number of carbonyl (C=O) groups is 2. The van der Waals surface area contributed by atoms with Gasteiger partial charge in [-0.3, -0.25) is 9.59 Å². The van der Waals surface area contributed by atoms with Crippen LogP contribution in [0.1, 0.15) is 27.4 Å². The van der Waals surface area contributed by atoms with Gasteiger partial charge in [-0.15, -0.1) is 0 Å². The van der Waals surface area contributed by atoms with Crippen LogP contribution in [0.25, 0.3) is 0 Å². The predicted octanol–water partition coefficient (Wildman–Crippen LogP) is 4.02. The standard InChI is InChI=1S/C28H29FN2O5/c1-34-24-13-20(14-25(35-2)26(24)36-3)22-16-31(28(33)19-7-5-4-6-8-19)17-23(22)27(32)30-15-18-9-11-21(29)12-10-18/h4-14,22-23H,15-17H2,1-3H3,(H,30,32)/t22-,23-/m1/s1. The van der Waals surface area contributed by atoms with E-state index in [9.17, 15) is 14.0 Å². The quantitative estimate of drug-likeness (QED) is 0.514. The first-order valence-electron chi connectivity index (χ1n) is 11.6. The molecule has 2 atom stereocenters. The predicted molar refractivity (Wildman–Crippen MR) is 133 cm³/mol. The highest BCUT2D eigenvalue weighted by molar-refractivity contribution is 5.95. The number of amides is 2. The number of hydrogen-bond acceptors (Lipinski definition) is 5. The molecule has 0 bridgehead atoms. The molecule has 0 spiro atoms. The van der Waals surface area contributed by atoms with Gasteiger partial charge in [0.15, 0.2) is 11.5 Å². The minimum Gasteiger partial charge on any atom is -0.493 e. The molecule has 1 aliphatic heterocycles. The summed E-state index contributed by atoms with van der Waals surface area (Å²) in [7, 11) is 4.60. The van der Waals surface area contributed by atoms with Gasteiger partial charge in [-0.25, -0.2) is 4.39 Å². The average molecular weight is 493 g/mol. The summed E-state index contributed by atoms with van der Waals surface area (Å²) >= 11 is 0. The van der Waals surface area contributed by atoms with Crippen molar-refractivity contribution in [3.63, 3.8) is 0 Å². The summed E-state index contributed by atoms with van der Waals surface area (Å²) < 4.78 is 29.7. The molecule has 36 heavy (non-hydrogen) atoms. The first-order chi connectivity index (χ1) is 17.4. The van der Waals surface area contributed by atoms with Gasteiger partial charge in [-0.2, -0.15) is 0 Å². The lowest BCUT2D eigenvalue weighted by atomic mass is 9.87. The van der Waals surface area contributed by atoms with Crippen LogP contribution in [-0.2, 0) is 11.3 Å². The highest BCUT2D eigenvalue weighted by atomic mass is 19.1. The Morgan fingerprint density at radius 3 is 2.14 bits per heavy atom. The molecule has 1 N–H and O–H groups in total. The van der Waals surface area contributed by atoms with E-state index in [1.165, 1.54) is 33.5 Å². The molecule has 1 saturated heterocycles. The van der Waals surface area contributed by atoms with E-state index < -0.39 is 5.92 Å². The van der Waals surface area contributed by atoms with Crippen molar-refractivity contribution in [1.82, 2.24) is 10.2 Å². The van der Waals surface area contributed by atoms with Gasteiger partial charge >= 0.3 is 0 Å². The van der Waals surface area contributed by atoms with Gasteiger partial charge in [0, 0.05) is 31.1 Å². The number of benzene rings is 3. The molecule has 8 heteroatoms. The number of ether oxygens (including phenoxy) is 3. The second-order valence-electron chi connectivity index (χ2n) is 8.59. The van der Waals surface area contributed by atoms with Crippen LogP contribution in [0, 0.1) is 11.7 Å². The molecule has 1 fully saturated rings. The van der Waals surface area contributed by atoms with E-state index in [0.717, 1.165) is 11.1 Å². The first-order valence-corrected chi connectivity index (χ1v) is 11.6. The van der Waals surface area contributed by atoms with Gasteiger partial charge < -0.3 is 24.4 Å². The number of methoxy groups -OCH3 is 3. The molecule has 7 nitrogen and oxygen atoms in total.